The molecule has 1 nitrogen and oxygen atoms in total. The van der Waals surface area contributed by atoms with Gasteiger partial charge >= 0.3 is 0 Å². The highest BCUT2D eigenvalue weighted by Crippen LogP contribution is 2.19. The summed E-state index contributed by atoms with van der Waals surface area (Å²) in [5.41, 5.74) is 4.79. The average Bonchev–Trinajstić information content (AvgIpc) is 2.18. The van der Waals surface area contributed by atoms with Crippen LogP contribution in [-0.2, 0) is 0 Å². The third kappa shape index (κ3) is 4.78. The maximum absolute atomic E-state index is 4.25. The Morgan fingerprint density at radius 1 is 1.33 bits per heavy atom. The molecule has 84 valence electrons. The topological polar surface area (TPSA) is 12.4 Å². The van der Waals surface area contributed by atoms with Gasteiger partial charge in [0.15, 0.2) is 0 Å². The van der Waals surface area contributed by atoms with E-state index in [1.165, 1.54) is 11.1 Å². The Bertz CT molecular complexity index is 303. The first-order valence-corrected chi connectivity index (χ1v) is 5.53. The molecule has 0 radical (unpaired) electrons. The molecule has 0 aliphatic rings. The van der Waals surface area contributed by atoms with E-state index >= 15 is 0 Å². The van der Waals surface area contributed by atoms with Crippen molar-refractivity contribution in [3.05, 3.63) is 35.5 Å². The van der Waals surface area contributed by atoms with Crippen LogP contribution in [0.1, 0.15) is 40.5 Å². The Balaban J connectivity index is 5.14. The van der Waals surface area contributed by atoms with Gasteiger partial charge in [0.05, 0.1) is 0 Å². The molecule has 0 amide bonds. The van der Waals surface area contributed by atoms with Crippen LogP contribution in [0.15, 0.2) is 40.4 Å². The number of rotatable bonds is 5. The minimum atomic E-state index is 1.08. The van der Waals surface area contributed by atoms with Crippen LogP contribution >= 0.6 is 0 Å². The molecule has 0 fully saturated rings. The highest BCUT2D eigenvalue weighted by Gasteiger charge is 2.06. The van der Waals surface area contributed by atoms with Gasteiger partial charge in [0.2, 0.25) is 0 Å². The monoisotopic (exact) mass is 205 g/mol. The number of hydrogen-bond donors (Lipinski definition) is 0. The van der Waals surface area contributed by atoms with Gasteiger partial charge in [-0.05, 0) is 38.3 Å². The summed E-state index contributed by atoms with van der Waals surface area (Å²) in [4.78, 5) is 4.25. The highest BCUT2D eigenvalue weighted by molar-refractivity contribution is 6.02. The van der Waals surface area contributed by atoms with Crippen molar-refractivity contribution < 1.29 is 0 Å². The van der Waals surface area contributed by atoms with Gasteiger partial charge in [-0.15, -0.1) is 0 Å². The SMILES string of the molecule is C=C(C)/C=C(CCC)\C(=C/C)C(C)=NC. The second kappa shape index (κ2) is 7.22. The lowest BCUT2D eigenvalue weighted by Gasteiger charge is -2.11. The van der Waals surface area contributed by atoms with E-state index < -0.39 is 0 Å². The number of allylic oxidation sites excluding steroid dienone is 5. The second-order valence-electron chi connectivity index (χ2n) is 3.78. The third-order valence-electron chi connectivity index (χ3n) is 2.30. The van der Waals surface area contributed by atoms with Crippen molar-refractivity contribution in [1.82, 2.24) is 0 Å². The zero-order valence-corrected chi connectivity index (χ0v) is 10.7. The number of nitrogens with zero attached hydrogens (tertiary/aromatic N) is 1. The minimum Gasteiger partial charge on any atom is -0.293 e. The second-order valence-corrected chi connectivity index (χ2v) is 3.78. The molecule has 0 saturated heterocycles. The lowest BCUT2D eigenvalue weighted by Crippen LogP contribution is -2.01. The molecular formula is C14H23N. The van der Waals surface area contributed by atoms with E-state index in [0.717, 1.165) is 24.1 Å². The lowest BCUT2D eigenvalue weighted by atomic mass is 9.96. The van der Waals surface area contributed by atoms with Gasteiger partial charge in [0.1, 0.15) is 0 Å². The minimum absolute atomic E-state index is 1.08. The van der Waals surface area contributed by atoms with Crippen molar-refractivity contribution in [2.45, 2.75) is 40.5 Å². The fourth-order valence-electron chi connectivity index (χ4n) is 1.60. The van der Waals surface area contributed by atoms with Gasteiger partial charge in [-0.3, -0.25) is 4.99 Å². The van der Waals surface area contributed by atoms with Gasteiger partial charge in [0.25, 0.3) is 0 Å². The van der Waals surface area contributed by atoms with Crippen LogP contribution < -0.4 is 0 Å². The summed E-state index contributed by atoms with van der Waals surface area (Å²) in [5.74, 6) is 0. The maximum atomic E-state index is 4.25. The quantitative estimate of drug-likeness (QED) is 0.468. The van der Waals surface area contributed by atoms with Crippen molar-refractivity contribution in [2.75, 3.05) is 7.05 Å². The van der Waals surface area contributed by atoms with Crippen molar-refractivity contribution in [2.24, 2.45) is 4.99 Å². The Hall–Kier alpha value is -1.11. The van der Waals surface area contributed by atoms with E-state index in [9.17, 15) is 0 Å². The maximum Gasteiger partial charge on any atom is 0.0385 e. The van der Waals surface area contributed by atoms with Crippen LogP contribution in [0, 0.1) is 0 Å². The highest BCUT2D eigenvalue weighted by atomic mass is 14.7. The average molecular weight is 205 g/mol. The van der Waals surface area contributed by atoms with Crippen LogP contribution in [-0.4, -0.2) is 12.8 Å². The molecule has 0 spiro atoms. The Morgan fingerprint density at radius 3 is 2.27 bits per heavy atom. The van der Waals surface area contributed by atoms with Gasteiger partial charge in [-0.1, -0.05) is 37.6 Å². The van der Waals surface area contributed by atoms with E-state index in [-0.39, 0.29) is 0 Å². The molecule has 0 aromatic carbocycles. The summed E-state index contributed by atoms with van der Waals surface area (Å²) in [6.07, 6.45) is 6.52. The number of hydrogen-bond acceptors (Lipinski definition) is 1. The molecule has 0 aliphatic carbocycles. The van der Waals surface area contributed by atoms with E-state index in [0.29, 0.717) is 0 Å². The predicted octanol–water partition coefficient (Wildman–Crippen LogP) is 4.33. The van der Waals surface area contributed by atoms with Gasteiger partial charge in [0, 0.05) is 12.8 Å². The fraction of sp³-hybridized carbons (Fsp3) is 0.500. The van der Waals surface area contributed by atoms with Crippen LogP contribution in [0.4, 0.5) is 0 Å². The summed E-state index contributed by atoms with van der Waals surface area (Å²) in [6.45, 7) is 12.3. The standard InChI is InChI=1S/C14H23N/c1-7-9-13(10-11(3)4)14(8-2)12(5)15-6/h8,10H,3,7,9H2,1-2,4-6H3/b13-10-,14-8-,15-12?. The molecule has 0 aromatic rings. The van der Waals surface area contributed by atoms with E-state index in [4.69, 9.17) is 0 Å². The summed E-state index contributed by atoms with van der Waals surface area (Å²) in [7, 11) is 1.84. The third-order valence-corrected chi connectivity index (χ3v) is 2.30. The smallest absolute Gasteiger partial charge is 0.0385 e. The molecule has 0 heterocycles. The Kier molecular flexibility index (Phi) is 6.68. The van der Waals surface area contributed by atoms with Crippen LogP contribution in [0.25, 0.3) is 0 Å². The van der Waals surface area contributed by atoms with Gasteiger partial charge < -0.3 is 0 Å². The van der Waals surface area contributed by atoms with Crippen LogP contribution in [0.2, 0.25) is 0 Å². The van der Waals surface area contributed by atoms with Gasteiger partial charge in [-0.25, -0.2) is 0 Å². The molecule has 0 atom stereocenters. The largest absolute Gasteiger partial charge is 0.293 e. The zero-order chi connectivity index (χ0) is 11.8. The van der Waals surface area contributed by atoms with Crippen molar-refractivity contribution in [3.8, 4) is 0 Å². The lowest BCUT2D eigenvalue weighted by molar-refractivity contribution is 0.917. The van der Waals surface area contributed by atoms with Crippen molar-refractivity contribution >= 4 is 5.71 Å². The zero-order valence-electron chi connectivity index (χ0n) is 10.7. The molecule has 1 heteroatoms. The van der Waals surface area contributed by atoms with Crippen LogP contribution in [0.5, 0.6) is 0 Å². The molecule has 15 heavy (non-hydrogen) atoms. The fourth-order valence-corrected chi connectivity index (χ4v) is 1.60. The van der Waals surface area contributed by atoms with Crippen LogP contribution in [0.3, 0.4) is 0 Å². The molecule has 0 aliphatic heterocycles. The predicted molar refractivity (Wildman–Crippen MR) is 70.6 cm³/mol. The molecule has 0 N–H and O–H groups in total. The molecular weight excluding hydrogens is 182 g/mol. The Labute approximate surface area is 94.3 Å². The molecule has 0 rings (SSSR count). The molecule has 0 unspecified atom stereocenters. The van der Waals surface area contributed by atoms with Gasteiger partial charge in [-0.2, -0.15) is 0 Å². The first kappa shape index (κ1) is 13.9. The summed E-state index contributed by atoms with van der Waals surface area (Å²) < 4.78 is 0. The van der Waals surface area contributed by atoms with Crippen molar-refractivity contribution in [1.29, 1.82) is 0 Å². The van der Waals surface area contributed by atoms with E-state index in [1.807, 2.05) is 14.0 Å². The summed E-state index contributed by atoms with van der Waals surface area (Å²) >= 11 is 0. The van der Waals surface area contributed by atoms with E-state index in [1.54, 1.807) is 0 Å². The van der Waals surface area contributed by atoms with E-state index in [2.05, 4.69) is 44.5 Å². The normalized spacial score (nSPS) is 14.3. The first-order chi connectivity index (χ1) is 7.06. The number of aliphatic imine (C=N–C) groups is 1. The van der Waals surface area contributed by atoms with Crippen molar-refractivity contribution in [3.63, 3.8) is 0 Å². The molecule has 0 saturated carbocycles. The Morgan fingerprint density at radius 2 is 1.93 bits per heavy atom. The molecule has 0 bridgehead atoms. The summed E-state index contributed by atoms with van der Waals surface area (Å²) in [5, 5.41) is 0. The molecule has 0 aromatic heterocycles. The first-order valence-electron chi connectivity index (χ1n) is 5.53. The summed E-state index contributed by atoms with van der Waals surface area (Å²) in [6, 6.07) is 0.